The first-order valence-electron chi connectivity index (χ1n) is 8.80. The lowest BCUT2D eigenvalue weighted by atomic mass is 10.1. The molecule has 0 aliphatic heterocycles. The summed E-state index contributed by atoms with van der Waals surface area (Å²) < 4.78 is 12.2. The molecule has 0 atom stereocenters. The lowest BCUT2D eigenvalue weighted by molar-refractivity contribution is -0.118. The van der Waals surface area contributed by atoms with Gasteiger partial charge in [0.15, 0.2) is 12.3 Å². The fourth-order valence-corrected chi connectivity index (χ4v) is 2.91. The van der Waals surface area contributed by atoms with Crippen LogP contribution in [0, 0.1) is 0 Å². The Bertz CT molecular complexity index is 1160. The van der Waals surface area contributed by atoms with Gasteiger partial charge in [0.05, 0.1) is 29.7 Å². The van der Waals surface area contributed by atoms with Gasteiger partial charge in [0.25, 0.3) is 5.91 Å². The second kappa shape index (κ2) is 8.20. The van der Waals surface area contributed by atoms with Crippen molar-refractivity contribution in [3.05, 3.63) is 71.9 Å². The number of hydrogen-bond acceptors (Lipinski definition) is 5. The Kier molecular flexibility index (Phi) is 5.31. The summed E-state index contributed by atoms with van der Waals surface area (Å²) in [4.78, 5) is 16.8. The molecule has 0 saturated carbocycles. The number of imidazole rings is 1. The molecule has 0 spiro atoms. The van der Waals surface area contributed by atoms with Gasteiger partial charge in [-0.15, -0.1) is 5.10 Å². The zero-order valence-corrected chi connectivity index (χ0v) is 16.3. The number of hydrogen-bond donors (Lipinski definition) is 1. The van der Waals surface area contributed by atoms with Crippen LogP contribution in [0.3, 0.4) is 0 Å². The molecule has 0 fully saturated rings. The summed E-state index contributed by atoms with van der Waals surface area (Å²) in [6, 6.07) is 18.0. The first-order chi connectivity index (χ1) is 14.1. The highest BCUT2D eigenvalue weighted by molar-refractivity contribution is 6.33. The zero-order valence-electron chi connectivity index (χ0n) is 15.5. The van der Waals surface area contributed by atoms with Crippen molar-refractivity contribution >= 4 is 28.8 Å². The molecule has 4 aromatic rings. The number of rotatable bonds is 6. The Morgan fingerprint density at radius 3 is 2.76 bits per heavy atom. The van der Waals surface area contributed by atoms with Crippen LogP contribution in [-0.2, 0) is 4.79 Å². The average Bonchev–Trinajstić information content (AvgIpc) is 3.18. The van der Waals surface area contributed by atoms with Crippen molar-refractivity contribution in [3.63, 3.8) is 0 Å². The van der Waals surface area contributed by atoms with E-state index >= 15 is 0 Å². The molecular formula is C21H17ClN4O3. The quantitative estimate of drug-likeness (QED) is 0.520. The number of para-hydroxylation sites is 1. The van der Waals surface area contributed by atoms with Crippen molar-refractivity contribution in [1.82, 2.24) is 14.6 Å². The van der Waals surface area contributed by atoms with Gasteiger partial charge in [-0.05, 0) is 30.3 Å². The minimum absolute atomic E-state index is 0.122. The summed E-state index contributed by atoms with van der Waals surface area (Å²) in [5, 5.41) is 7.50. The Morgan fingerprint density at radius 2 is 1.97 bits per heavy atom. The zero-order chi connectivity index (χ0) is 20.2. The number of carbonyl (C=O) groups excluding carboxylic acids is 1. The second-order valence-corrected chi connectivity index (χ2v) is 6.56. The smallest absolute Gasteiger partial charge is 0.262 e. The summed E-state index contributed by atoms with van der Waals surface area (Å²) in [7, 11) is 1.56. The van der Waals surface area contributed by atoms with Crippen molar-refractivity contribution in [3.8, 4) is 22.9 Å². The molecule has 7 nitrogen and oxygen atoms in total. The highest BCUT2D eigenvalue weighted by Gasteiger charge is 2.11. The Hall–Kier alpha value is -3.58. The first-order valence-corrected chi connectivity index (χ1v) is 9.18. The Balaban J connectivity index is 1.52. The van der Waals surface area contributed by atoms with Gasteiger partial charge in [-0.1, -0.05) is 35.9 Å². The molecule has 0 aliphatic carbocycles. The largest absolute Gasteiger partial charge is 0.484 e. The molecule has 4 rings (SSSR count). The predicted octanol–water partition coefficient (Wildman–Crippen LogP) is 4.08. The van der Waals surface area contributed by atoms with E-state index in [0.29, 0.717) is 33.7 Å². The molecular weight excluding hydrogens is 392 g/mol. The van der Waals surface area contributed by atoms with Crippen LogP contribution in [0.5, 0.6) is 11.6 Å². The van der Waals surface area contributed by atoms with Crippen LogP contribution in [0.15, 0.2) is 66.9 Å². The molecule has 2 aromatic carbocycles. The molecule has 2 heterocycles. The molecule has 0 saturated heterocycles. The number of anilines is 1. The molecule has 2 aromatic heterocycles. The maximum Gasteiger partial charge on any atom is 0.262 e. The molecule has 1 N–H and O–H groups in total. The minimum atomic E-state index is -0.311. The number of aromatic nitrogens is 3. The van der Waals surface area contributed by atoms with Crippen LogP contribution in [0.2, 0.25) is 5.02 Å². The lowest BCUT2D eigenvalue weighted by Crippen LogP contribution is -2.20. The molecule has 1 amide bonds. The van der Waals surface area contributed by atoms with Crippen molar-refractivity contribution < 1.29 is 14.3 Å². The monoisotopic (exact) mass is 408 g/mol. The van der Waals surface area contributed by atoms with Gasteiger partial charge >= 0.3 is 0 Å². The molecule has 0 unspecified atom stereocenters. The Morgan fingerprint density at radius 1 is 1.14 bits per heavy atom. The highest BCUT2D eigenvalue weighted by Crippen LogP contribution is 2.28. The molecule has 0 aliphatic rings. The summed E-state index contributed by atoms with van der Waals surface area (Å²) >= 11 is 6.25. The third-order valence-corrected chi connectivity index (χ3v) is 4.48. The first kappa shape index (κ1) is 18.8. The van der Waals surface area contributed by atoms with E-state index in [1.807, 2.05) is 30.3 Å². The van der Waals surface area contributed by atoms with E-state index in [2.05, 4.69) is 15.4 Å². The fourth-order valence-electron chi connectivity index (χ4n) is 2.74. The number of carbonyl (C=O) groups is 1. The topological polar surface area (TPSA) is 77.8 Å². The van der Waals surface area contributed by atoms with E-state index in [9.17, 15) is 4.79 Å². The van der Waals surface area contributed by atoms with Gasteiger partial charge in [0.1, 0.15) is 5.75 Å². The van der Waals surface area contributed by atoms with E-state index in [0.717, 1.165) is 5.56 Å². The number of nitrogens with zero attached hydrogens (tertiary/aromatic N) is 3. The maximum atomic E-state index is 12.3. The minimum Gasteiger partial charge on any atom is -0.484 e. The van der Waals surface area contributed by atoms with Crippen molar-refractivity contribution in [1.29, 1.82) is 0 Å². The van der Waals surface area contributed by atoms with Gasteiger partial charge in [-0.3, -0.25) is 4.79 Å². The third-order valence-electron chi connectivity index (χ3n) is 4.15. The predicted molar refractivity (Wildman–Crippen MR) is 111 cm³/mol. The Labute approximate surface area is 171 Å². The maximum absolute atomic E-state index is 12.3. The number of nitrogens with one attached hydrogen (secondary N) is 1. The van der Waals surface area contributed by atoms with E-state index in [4.69, 9.17) is 21.1 Å². The van der Waals surface area contributed by atoms with Gasteiger partial charge in [-0.25, -0.2) is 9.50 Å². The molecule has 0 bridgehead atoms. The number of benzene rings is 2. The van der Waals surface area contributed by atoms with Crippen LogP contribution < -0.4 is 14.8 Å². The van der Waals surface area contributed by atoms with Gasteiger partial charge in [0, 0.05) is 11.6 Å². The summed E-state index contributed by atoms with van der Waals surface area (Å²) in [5.41, 5.74) is 2.64. The number of ether oxygens (including phenoxy) is 2. The number of fused-ring (bicyclic) bond motifs is 1. The number of methoxy groups -OCH3 is 1. The molecule has 29 heavy (non-hydrogen) atoms. The standard InChI is InChI=1S/C21H17ClN4O3/c1-28-21-10-9-19-23-18(12-26(19)25-21)14-7-8-16(22)17(11-14)24-20(27)13-29-15-5-3-2-4-6-15/h2-12H,13H2,1H3,(H,24,27). The number of halogens is 1. The van der Waals surface area contributed by atoms with Crippen LogP contribution in [-0.4, -0.2) is 34.2 Å². The van der Waals surface area contributed by atoms with Crippen molar-refractivity contribution in [2.75, 3.05) is 19.0 Å². The van der Waals surface area contributed by atoms with Gasteiger partial charge in [0.2, 0.25) is 5.88 Å². The van der Waals surface area contributed by atoms with Gasteiger partial charge < -0.3 is 14.8 Å². The van der Waals surface area contributed by atoms with Gasteiger partial charge in [-0.2, -0.15) is 0 Å². The average molecular weight is 409 g/mol. The summed E-state index contributed by atoms with van der Waals surface area (Å²) in [5.74, 6) is 0.799. The number of amides is 1. The molecule has 0 radical (unpaired) electrons. The molecule has 146 valence electrons. The third kappa shape index (κ3) is 4.30. The molecule has 8 heteroatoms. The highest BCUT2D eigenvalue weighted by atomic mass is 35.5. The summed E-state index contributed by atoms with van der Waals surface area (Å²) in [6.07, 6.45) is 1.78. The van der Waals surface area contributed by atoms with Crippen LogP contribution in [0.1, 0.15) is 0 Å². The van der Waals surface area contributed by atoms with Crippen molar-refractivity contribution in [2.45, 2.75) is 0 Å². The van der Waals surface area contributed by atoms with Crippen LogP contribution in [0.25, 0.3) is 16.9 Å². The van der Waals surface area contributed by atoms with E-state index in [1.165, 1.54) is 0 Å². The van der Waals surface area contributed by atoms with E-state index in [-0.39, 0.29) is 12.5 Å². The van der Waals surface area contributed by atoms with Crippen molar-refractivity contribution in [2.24, 2.45) is 0 Å². The second-order valence-electron chi connectivity index (χ2n) is 6.15. The van der Waals surface area contributed by atoms with E-state index in [1.54, 1.807) is 48.2 Å². The van der Waals surface area contributed by atoms with E-state index < -0.39 is 0 Å². The fraction of sp³-hybridized carbons (Fsp3) is 0.0952. The SMILES string of the molecule is COc1ccc2nc(-c3ccc(Cl)c(NC(=O)COc4ccccc4)c3)cn2n1. The van der Waals surface area contributed by atoms with Crippen LogP contribution >= 0.6 is 11.6 Å². The lowest BCUT2D eigenvalue weighted by Gasteiger charge is -2.10. The summed E-state index contributed by atoms with van der Waals surface area (Å²) in [6.45, 7) is -0.122. The normalized spacial score (nSPS) is 10.7. The van der Waals surface area contributed by atoms with Crippen LogP contribution in [0.4, 0.5) is 5.69 Å².